The maximum absolute atomic E-state index is 13.4. The van der Waals surface area contributed by atoms with Crippen LogP contribution in [0.2, 0.25) is 5.02 Å². The van der Waals surface area contributed by atoms with Gasteiger partial charge in [-0.3, -0.25) is 16.2 Å². The van der Waals surface area contributed by atoms with Crippen molar-refractivity contribution in [3.05, 3.63) is 34.6 Å². The molecule has 1 aromatic rings. The van der Waals surface area contributed by atoms with Gasteiger partial charge in [0, 0.05) is 30.7 Å². The van der Waals surface area contributed by atoms with Crippen LogP contribution in [0.1, 0.15) is 11.6 Å². The lowest BCUT2D eigenvalue weighted by atomic mass is 9.96. The summed E-state index contributed by atoms with van der Waals surface area (Å²) in [5.74, 6) is 5.39. The Balaban J connectivity index is 2.30. The summed E-state index contributed by atoms with van der Waals surface area (Å²) in [5.41, 5.74) is 3.49. The summed E-state index contributed by atoms with van der Waals surface area (Å²) in [6, 6.07) is 4.34. The van der Waals surface area contributed by atoms with Crippen molar-refractivity contribution in [3.8, 4) is 0 Å². The predicted molar refractivity (Wildman–Crippen MR) is 75.4 cm³/mol. The number of nitrogens with two attached hydrogens (primary N) is 1. The average Bonchev–Trinajstić information content (AvgIpc) is 2.38. The standard InChI is InChI=1S/C13H20ClFN4/c1-18-5-6-19(2)12(8-18)13(17-16)10-7-9(15)3-4-11(10)14/h3-4,7,12-13,17H,5-6,8,16H2,1-2H3. The number of rotatable bonds is 3. The Morgan fingerprint density at radius 3 is 2.84 bits per heavy atom. The first-order valence-corrected chi connectivity index (χ1v) is 6.70. The van der Waals surface area contributed by atoms with E-state index in [2.05, 4.69) is 29.3 Å². The van der Waals surface area contributed by atoms with Gasteiger partial charge in [-0.1, -0.05) is 11.6 Å². The smallest absolute Gasteiger partial charge is 0.123 e. The Bertz CT molecular complexity index is 443. The van der Waals surface area contributed by atoms with Crippen LogP contribution in [-0.4, -0.2) is 49.6 Å². The molecule has 2 atom stereocenters. The van der Waals surface area contributed by atoms with E-state index in [0.717, 1.165) is 19.6 Å². The summed E-state index contributed by atoms with van der Waals surface area (Å²) in [6.45, 7) is 2.83. The van der Waals surface area contributed by atoms with Crippen LogP contribution in [0.3, 0.4) is 0 Å². The molecule has 0 spiro atoms. The van der Waals surface area contributed by atoms with E-state index in [1.165, 1.54) is 12.1 Å². The van der Waals surface area contributed by atoms with E-state index in [4.69, 9.17) is 17.4 Å². The summed E-state index contributed by atoms with van der Waals surface area (Å²) >= 11 is 6.18. The maximum Gasteiger partial charge on any atom is 0.123 e. The van der Waals surface area contributed by atoms with Gasteiger partial charge in [0.05, 0.1) is 6.04 Å². The molecule has 0 radical (unpaired) electrons. The van der Waals surface area contributed by atoms with Gasteiger partial charge in [-0.25, -0.2) is 4.39 Å². The number of nitrogens with one attached hydrogen (secondary N) is 1. The first-order valence-electron chi connectivity index (χ1n) is 6.32. The molecular formula is C13H20ClFN4. The topological polar surface area (TPSA) is 44.5 Å². The lowest BCUT2D eigenvalue weighted by molar-refractivity contribution is 0.0876. The number of hydrogen-bond acceptors (Lipinski definition) is 4. The van der Waals surface area contributed by atoms with Crippen LogP contribution >= 0.6 is 11.6 Å². The molecule has 1 fully saturated rings. The minimum Gasteiger partial charge on any atom is -0.303 e. The SMILES string of the molecule is CN1CCN(C)C(C(NN)c2cc(F)ccc2Cl)C1. The number of piperazine rings is 1. The minimum atomic E-state index is -0.300. The number of benzene rings is 1. The third kappa shape index (κ3) is 3.24. The molecule has 106 valence electrons. The fourth-order valence-corrected chi connectivity index (χ4v) is 2.80. The molecule has 0 aliphatic carbocycles. The van der Waals surface area contributed by atoms with E-state index < -0.39 is 0 Å². The van der Waals surface area contributed by atoms with E-state index in [1.54, 1.807) is 6.07 Å². The first-order chi connectivity index (χ1) is 9.02. The molecule has 6 heteroatoms. The number of hydrogen-bond donors (Lipinski definition) is 2. The number of likely N-dealkylation sites (N-methyl/N-ethyl adjacent to an activating group) is 2. The normalized spacial score (nSPS) is 23.5. The van der Waals surface area contributed by atoms with Gasteiger partial charge >= 0.3 is 0 Å². The molecule has 2 unspecified atom stereocenters. The van der Waals surface area contributed by atoms with Gasteiger partial charge in [0.15, 0.2) is 0 Å². The Labute approximate surface area is 118 Å². The van der Waals surface area contributed by atoms with Crippen molar-refractivity contribution in [1.29, 1.82) is 0 Å². The third-order valence-electron chi connectivity index (χ3n) is 3.76. The van der Waals surface area contributed by atoms with Crippen LogP contribution in [0, 0.1) is 5.82 Å². The molecule has 0 saturated carbocycles. The Hall–Kier alpha value is -0.720. The van der Waals surface area contributed by atoms with Gasteiger partial charge in [0.2, 0.25) is 0 Å². The average molecular weight is 287 g/mol. The maximum atomic E-state index is 13.4. The van der Waals surface area contributed by atoms with Crippen LogP contribution in [0.5, 0.6) is 0 Å². The van der Waals surface area contributed by atoms with Gasteiger partial charge in [0.25, 0.3) is 0 Å². The molecule has 19 heavy (non-hydrogen) atoms. The van der Waals surface area contributed by atoms with Crippen molar-refractivity contribution in [2.75, 3.05) is 33.7 Å². The van der Waals surface area contributed by atoms with Crippen molar-refractivity contribution in [1.82, 2.24) is 15.2 Å². The van der Waals surface area contributed by atoms with E-state index >= 15 is 0 Å². The molecular weight excluding hydrogens is 267 g/mol. The Morgan fingerprint density at radius 2 is 2.16 bits per heavy atom. The van der Waals surface area contributed by atoms with Gasteiger partial charge < -0.3 is 4.90 Å². The Kier molecular flexibility index (Phi) is 4.76. The number of halogens is 2. The van der Waals surface area contributed by atoms with Crippen molar-refractivity contribution in [2.45, 2.75) is 12.1 Å². The second-order valence-corrected chi connectivity index (χ2v) is 5.53. The highest BCUT2D eigenvalue weighted by Gasteiger charge is 2.31. The van der Waals surface area contributed by atoms with Gasteiger partial charge in [-0.05, 0) is 37.9 Å². The molecule has 3 N–H and O–H groups in total. The second-order valence-electron chi connectivity index (χ2n) is 5.12. The molecule has 0 amide bonds. The Morgan fingerprint density at radius 1 is 1.42 bits per heavy atom. The lowest BCUT2D eigenvalue weighted by Gasteiger charge is -2.42. The van der Waals surface area contributed by atoms with Gasteiger partial charge in [-0.2, -0.15) is 0 Å². The van der Waals surface area contributed by atoms with E-state index in [-0.39, 0.29) is 17.9 Å². The fraction of sp³-hybridized carbons (Fsp3) is 0.538. The zero-order chi connectivity index (χ0) is 14.0. The summed E-state index contributed by atoms with van der Waals surface area (Å²) < 4.78 is 13.4. The molecule has 1 aliphatic rings. The van der Waals surface area contributed by atoms with E-state index in [1.807, 2.05) is 0 Å². The van der Waals surface area contributed by atoms with Crippen molar-refractivity contribution >= 4 is 11.6 Å². The molecule has 1 aromatic carbocycles. The summed E-state index contributed by atoms with van der Waals surface area (Å²) in [5, 5.41) is 0.533. The molecule has 0 aromatic heterocycles. The van der Waals surface area contributed by atoms with Gasteiger partial charge in [-0.15, -0.1) is 0 Å². The highest BCUT2D eigenvalue weighted by molar-refractivity contribution is 6.31. The van der Waals surface area contributed by atoms with Crippen LogP contribution < -0.4 is 11.3 Å². The monoisotopic (exact) mass is 286 g/mol. The summed E-state index contributed by atoms with van der Waals surface area (Å²) in [6.07, 6.45) is 0. The van der Waals surface area contributed by atoms with E-state index in [0.29, 0.717) is 10.6 Å². The summed E-state index contributed by atoms with van der Waals surface area (Å²) in [7, 11) is 4.12. The first kappa shape index (κ1) is 14.7. The number of nitrogens with zero attached hydrogens (tertiary/aromatic N) is 2. The zero-order valence-electron chi connectivity index (χ0n) is 11.2. The summed E-state index contributed by atoms with van der Waals surface area (Å²) in [4.78, 5) is 4.47. The van der Waals surface area contributed by atoms with Crippen molar-refractivity contribution in [3.63, 3.8) is 0 Å². The molecule has 0 bridgehead atoms. The largest absolute Gasteiger partial charge is 0.303 e. The van der Waals surface area contributed by atoms with Crippen LogP contribution in [0.25, 0.3) is 0 Å². The lowest BCUT2D eigenvalue weighted by Crippen LogP contribution is -2.56. The van der Waals surface area contributed by atoms with Crippen LogP contribution in [0.15, 0.2) is 18.2 Å². The third-order valence-corrected chi connectivity index (χ3v) is 4.10. The molecule has 2 rings (SSSR count). The fourth-order valence-electron chi connectivity index (χ4n) is 2.57. The highest BCUT2D eigenvalue weighted by atomic mass is 35.5. The van der Waals surface area contributed by atoms with Crippen LogP contribution in [-0.2, 0) is 0 Å². The van der Waals surface area contributed by atoms with Crippen molar-refractivity contribution in [2.24, 2.45) is 5.84 Å². The minimum absolute atomic E-state index is 0.156. The van der Waals surface area contributed by atoms with Crippen LogP contribution in [0.4, 0.5) is 4.39 Å². The molecule has 4 nitrogen and oxygen atoms in total. The number of hydrazine groups is 1. The highest BCUT2D eigenvalue weighted by Crippen LogP contribution is 2.29. The predicted octanol–water partition coefficient (Wildman–Crippen LogP) is 1.23. The molecule has 1 aliphatic heterocycles. The van der Waals surface area contributed by atoms with Gasteiger partial charge in [0.1, 0.15) is 5.82 Å². The quantitative estimate of drug-likeness (QED) is 0.648. The van der Waals surface area contributed by atoms with Crippen molar-refractivity contribution < 1.29 is 4.39 Å². The molecule has 1 saturated heterocycles. The zero-order valence-corrected chi connectivity index (χ0v) is 12.0. The molecule has 1 heterocycles. The second kappa shape index (κ2) is 6.15. The van der Waals surface area contributed by atoms with E-state index in [9.17, 15) is 4.39 Å².